The molecule has 1 amide bonds. The van der Waals surface area contributed by atoms with Gasteiger partial charge < -0.3 is 10.1 Å². The van der Waals surface area contributed by atoms with E-state index >= 15 is 0 Å². The van der Waals surface area contributed by atoms with Crippen molar-refractivity contribution in [3.63, 3.8) is 0 Å². The smallest absolute Gasteiger partial charge is 0.253 e. The Morgan fingerprint density at radius 1 is 1.27 bits per heavy atom. The Bertz CT molecular complexity index is 597. The van der Waals surface area contributed by atoms with Crippen LogP contribution in [0.4, 0.5) is 0 Å². The number of nitrogens with zero attached hydrogens (tertiary/aromatic N) is 1. The largest absolute Gasteiger partial charge is 0.368 e. The molecule has 1 N–H and O–H groups in total. The maximum atomic E-state index is 12.4. The molecule has 124 valence electrons. The lowest BCUT2D eigenvalue weighted by molar-refractivity contribution is 0.0871. The Morgan fingerprint density at radius 3 is 2.41 bits per heavy atom. The van der Waals surface area contributed by atoms with Crippen LogP contribution < -0.4 is 5.32 Å². The number of ether oxygens (including phenoxy) is 1. The normalized spacial score (nSPS) is 13.1. The molecule has 0 fully saturated rings. The van der Waals surface area contributed by atoms with Crippen LogP contribution in [0.3, 0.4) is 0 Å². The van der Waals surface area contributed by atoms with Gasteiger partial charge in [-0.1, -0.05) is 26.0 Å². The lowest BCUT2D eigenvalue weighted by Gasteiger charge is -2.27. The highest BCUT2D eigenvalue weighted by atomic mass is 32.2. The van der Waals surface area contributed by atoms with Crippen molar-refractivity contribution >= 4 is 15.7 Å². The molecule has 0 aliphatic carbocycles. The molecule has 0 aliphatic rings. The van der Waals surface area contributed by atoms with E-state index < -0.39 is 21.7 Å². The zero-order valence-electron chi connectivity index (χ0n) is 13.5. The molecule has 0 heterocycles. The van der Waals surface area contributed by atoms with Gasteiger partial charge >= 0.3 is 0 Å². The SMILES string of the molecule is CCN(CC)C(C)NC(=O)c1ccccc1S(=O)(=O)COC. The number of sulfone groups is 1. The number of carbonyl (C=O) groups excluding carboxylic acids is 1. The third-order valence-corrected chi connectivity index (χ3v) is 5.01. The highest BCUT2D eigenvalue weighted by Crippen LogP contribution is 2.17. The summed E-state index contributed by atoms with van der Waals surface area (Å²) < 4.78 is 29.1. The second kappa shape index (κ2) is 8.26. The van der Waals surface area contributed by atoms with Crippen LogP contribution in [0.25, 0.3) is 0 Å². The van der Waals surface area contributed by atoms with Crippen molar-refractivity contribution in [2.24, 2.45) is 0 Å². The van der Waals surface area contributed by atoms with Crippen molar-refractivity contribution in [2.75, 3.05) is 26.1 Å². The lowest BCUT2D eigenvalue weighted by Crippen LogP contribution is -2.46. The summed E-state index contributed by atoms with van der Waals surface area (Å²) in [5, 5.41) is 2.83. The molecule has 1 rings (SSSR count). The zero-order valence-corrected chi connectivity index (χ0v) is 14.3. The van der Waals surface area contributed by atoms with Gasteiger partial charge in [0.15, 0.2) is 5.94 Å². The minimum absolute atomic E-state index is 0.0129. The summed E-state index contributed by atoms with van der Waals surface area (Å²) in [6.07, 6.45) is -0.180. The fourth-order valence-corrected chi connectivity index (χ4v) is 3.49. The van der Waals surface area contributed by atoms with E-state index in [9.17, 15) is 13.2 Å². The molecule has 1 atom stereocenters. The third-order valence-electron chi connectivity index (χ3n) is 3.44. The monoisotopic (exact) mass is 328 g/mol. The van der Waals surface area contributed by atoms with Gasteiger partial charge in [0.05, 0.1) is 16.6 Å². The molecule has 6 nitrogen and oxygen atoms in total. The zero-order chi connectivity index (χ0) is 16.8. The van der Waals surface area contributed by atoms with Gasteiger partial charge in [0.2, 0.25) is 9.84 Å². The number of methoxy groups -OCH3 is 1. The van der Waals surface area contributed by atoms with E-state index in [2.05, 4.69) is 10.2 Å². The van der Waals surface area contributed by atoms with E-state index in [1.165, 1.54) is 19.2 Å². The van der Waals surface area contributed by atoms with E-state index in [-0.39, 0.29) is 16.6 Å². The third kappa shape index (κ3) is 4.53. The van der Waals surface area contributed by atoms with Crippen LogP contribution in [0.15, 0.2) is 29.2 Å². The molecule has 0 saturated heterocycles. The summed E-state index contributed by atoms with van der Waals surface area (Å²) in [5.74, 6) is -0.863. The predicted molar refractivity (Wildman–Crippen MR) is 85.4 cm³/mol. The summed E-state index contributed by atoms with van der Waals surface area (Å²) in [4.78, 5) is 14.5. The molecule has 1 aromatic carbocycles. The highest BCUT2D eigenvalue weighted by molar-refractivity contribution is 7.91. The molecular formula is C15H24N2O4S. The first kappa shape index (κ1) is 18.6. The van der Waals surface area contributed by atoms with Crippen LogP contribution in [-0.4, -0.2) is 51.5 Å². The number of hydrogen-bond donors (Lipinski definition) is 1. The molecule has 0 bridgehead atoms. The number of hydrogen-bond acceptors (Lipinski definition) is 5. The number of rotatable bonds is 8. The van der Waals surface area contributed by atoms with Gasteiger partial charge in [-0.05, 0) is 32.1 Å². The molecule has 1 unspecified atom stereocenters. The van der Waals surface area contributed by atoms with Crippen molar-refractivity contribution in [2.45, 2.75) is 31.8 Å². The Hall–Kier alpha value is -1.44. The van der Waals surface area contributed by atoms with Gasteiger partial charge in [0, 0.05) is 7.11 Å². The van der Waals surface area contributed by atoms with Crippen molar-refractivity contribution in [3.8, 4) is 0 Å². The van der Waals surface area contributed by atoms with E-state index in [0.29, 0.717) is 0 Å². The molecule has 0 saturated carbocycles. The standard InChI is InChI=1S/C15H24N2O4S/c1-5-17(6-2)12(3)16-15(18)13-9-7-8-10-14(13)22(19,20)11-21-4/h7-10,12H,5-6,11H2,1-4H3,(H,16,18). The number of carbonyl (C=O) groups is 1. The van der Waals surface area contributed by atoms with E-state index in [4.69, 9.17) is 4.74 Å². The summed E-state index contributed by atoms with van der Waals surface area (Å²) in [6.45, 7) is 7.46. The Kier molecular flexibility index (Phi) is 6.99. The number of amides is 1. The van der Waals surface area contributed by atoms with Gasteiger partial charge in [-0.2, -0.15) is 0 Å². The maximum Gasteiger partial charge on any atom is 0.253 e. The average Bonchev–Trinajstić information content (AvgIpc) is 2.48. The van der Waals surface area contributed by atoms with E-state index in [0.717, 1.165) is 13.1 Å². The Morgan fingerprint density at radius 2 is 1.86 bits per heavy atom. The Labute approximate surface area is 132 Å². The number of nitrogens with one attached hydrogen (secondary N) is 1. The fraction of sp³-hybridized carbons (Fsp3) is 0.533. The maximum absolute atomic E-state index is 12.4. The molecule has 0 aromatic heterocycles. The second-order valence-electron chi connectivity index (χ2n) is 4.89. The van der Waals surface area contributed by atoms with Crippen molar-refractivity contribution in [3.05, 3.63) is 29.8 Å². The first-order valence-electron chi connectivity index (χ1n) is 7.23. The quantitative estimate of drug-likeness (QED) is 0.732. The van der Waals surface area contributed by atoms with Gasteiger partial charge in [-0.15, -0.1) is 0 Å². The molecule has 0 aliphatic heterocycles. The minimum atomic E-state index is -3.65. The fourth-order valence-electron chi connectivity index (χ4n) is 2.27. The molecular weight excluding hydrogens is 304 g/mol. The molecule has 0 spiro atoms. The molecule has 0 radical (unpaired) electrons. The summed E-state index contributed by atoms with van der Waals surface area (Å²) in [6, 6.07) is 6.16. The van der Waals surface area contributed by atoms with Crippen molar-refractivity contribution in [1.82, 2.24) is 10.2 Å². The topological polar surface area (TPSA) is 75.7 Å². The van der Waals surface area contributed by atoms with Crippen LogP contribution in [-0.2, 0) is 14.6 Å². The summed E-state index contributed by atoms with van der Waals surface area (Å²) in [5.41, 5.74) is 0.138. The highest BCUT2D eigenvalue weighted by Gasteiger charge is 2.23. The van der Waals surface area contributed by atoms with Gasteiger partial charge in [-0.25, -0.2) is 8.42 Å². The lowest BCUT2D eigenvalue weighted by atomic mass is 10.2. The van der Waals surface area contributed by atoms with Crippen LogP contribution in [0, 0.1) is 0 Å². The first-order valence-corrected chi connectivity index (χ1v) is 8.88. The van der Waals surface area contributed by atoms with Gasteiger partial charge in [0.1, 0.15) is 0 Å². The van der Waals surface area contributed by atoms with Gasteiger partial charge in [0.25, 0.3) is 5.91 Å². The minimum Gasteiger partial charge on any atom is -0.368 e. The van der Waals surface area contributed by atoms with Crippen LogP contribution in [0.2, 0.25) is 0 Å². The number of benzene rings is 1. The first-order chi connectivity index (χ1) is 10.4. The second-order valence-corrected chi connectivity index (χ2v) is 6.79. The average molecular weight is 328 g/mol. The molecule has 22 heavy (non-hydrogen) atoms. The van der Waals surface area contributed by atoms with Crippen molar-refractivity contribution < 1.29 is 17.9 Å². The van der Waals surface area contributed by atoms with Gasteiger partial charge in [-0.3, -0.25) is 9.69 Å². The van der Waals surface area contributed by atoms with Crippen LogP contribution >= 0.6 is 0 Å². The van der Waals surface area contributed by atoms with E-state index in [1.54, 1.807) is 12.1 Å². The summed E-state index contributed by atoms with van der Waals surface area (Å²) >= 11 is 0. The molecule has 1 aromatic rings. The van der Waals surface area contributed by atoms with Crippen molar-refractivity contribution in [1.29, 1.82) is 0 Å². The van der Waals surface area contributed by atoms with E-state index in [1.807, 2.05) is 20.8 Å². The molecule has 7 heteroatoms. The predicted octanol–water partition coefficient (Wildman–Crippen LogP) is 1.48. The summed E-state index contributed by atoms with van der Waals surface area (Å²) in [7, 11) is -2.34. The van der Waals surface area contributed by atoms with Crippen LogP contribution in [0.1, 0.15) is 31.1 Å². The Balaban J connectivity index is 3.05. The van der Waals surface area contributed by atoms with Crippen LogP contribution in [0.5, 0.6) is 0 Å².